The fraction of sp³-hybridized carbons (Fsp3) is 0.500. The van der Waals surface area contributed by atoms with Crippen LogP contribution in [0.3, 0.4) is 0 Å². The number of nitrogens with one attached hydrogen (secondary N) is 2. The van der Waals surface area contributed by atoms with Gasteiger partial charge in [0.25, 0.3) is 0 Å². The predicted octanol–water partition coefficient (Wildman–Crippen LogP) is 2.70. The third-order valence-corrected chi connectivity index (χ3v) is 2.77. The van der Waals surface area contributed by atoms with Crippen LogP contribution in [0.15, 0.2) is 24.3 Å². The molecule has 0 saturated carbocycles. The number of carbonyl (C=O) groups is 2. The molecule has 0 heterocycles. The van der Waals surface area contributed by atoms with Crippen LogP contribution in [0.2, 0.25) is 0 Å². The Bertz CT molecular complexity index is 506. The fourth-order valence-electron chi connectivity index (χ4n) is 1.90. The van der Waals surface area contributed by atoms with Gasteiger partial charge in [-0.1, -0.05) is 24.3 Å². The highest BCUT2D eigenvalue weighted by molar-refractivity contribution is 5.87. The topological polar surface area (TPSA) is 67.4 Å². The molecule has 0 spiro atoms. The Hall–Kier alpha value is -2.04. The second kappa shape index (κ2) is 7.11. The van der Waals surface area contributed by atoms with Gasteiger partial charge in [-0.05, 0) is 45.7 Å². The van der Waals surface area contributed by atoms with Gasteiger partial charge in [0.15, 0.2) is 0 Å². The lowest BCUT2D eigenvalue weighted by molar-refractivity contribution is -0.123. The lowest BCUT2D eigenvalue weighted by atomic mass is 10.0. The van der Waals surface area contributed by atoms with Crippen LogP contribution in [0, 0.1) is 6.92 Å². The van der Waals surface area contributed by atoms with E-state index >= 15 is 0 Å². The van der Waals surface area contributed by atoms with Crippen molar-refractivity contribution >= 4 is 12.0 Å². The molecule has 21 heavy (non-hydrogen) atoms. The van der Waals surface area contributed by atoms with Crippen LogP contribution in [0.5, 0.6) is 0 Å². The molecule has 0 aromatic heterocycles. The monoisotopic (exact) mass is 292 g/mol. The van der Waals surface area contributed by atoms with E-state index in [1.165, 1.54) is 0 Å². The van der Waals surface area contributed by atoms with Crippen molar-refractivity contribution in [3.8, 4) is 0 Å². The summed E-state index contributed by atoms with van der Waals surface area (Å²) in [7, 11) is 0. The van der Waals surface area contributed by atoms with Crippen LogP contribution in [0.25, 0.3) is 0 Å². The summed E-state index contributed by atoms with van der Waals surface area (Å²) < 4.78 is 5.23. The molecule has 1 aromatic rings. The fourth-order valence-corrected chi connectivity index (χ4v) is 1.90. The number of ether oxygens (including phenoxy) is 1. The van der Waals surface area contributed by atoms with E-state index in [4.69, 9.17) is 4.74 Å². The third-order valence-electron chi connectivity index (χ3n) is 2.77. The average Bonchev–Trinajstić information content (AvgIpc) is 2.35. The largest absolute Gasteiger partial charge is 0.444 e. The van der Waals surface area contributed by atoms with Gasteiger partial charge in [-0.3, -0.25) is 4.79 Å². The zero-order valence-corrected chi connectivity index (χ0v) is 13.3. The maximum Gasteiger partial charge on any atom is 0.408 e. The molecule has 0 fully saturated rings. The van der Waals surface area contributed by atoms with Gasteiger partial charge in [-0.15, -0.1) is 0 Å². The molecule has 116 valence electrons. The number of carbonyl (C=O) groups excluding carboxylic acids is 2. The van der Waals surface area contributed by atoms with Gasteiger partial charge in [-0.25, -0.2) is 4.79 Å². The van der Waals surface area contributed by atoms with E-state index in [9.17, 15) is 9.59 Å². The molecule has 5 nitrogen and oxygen atoms in total. The molecular weight excluding hydrogens is 268 g/mol. The minimum Gasteiger partial charge on any atom is -0.444 e. The first-order chi connectivity index (χ1) is 9.74. The molecule has 0 aliphatic rings. The molecule has 0 saturated heterocycles. The van der Waals surface area contributed by atoms with Crippen LogP contribution >= 0.6 is 0 Å². The van der Waals surface area contributed by atoms with Gasteiger partial charge in [0.05, 0.1) is 0 Å². The van der Waals surface area contributed by atoms with E-state index in [0.29, 0.717) is 6.54 Å². The summed E-state index contributed by atoms with van der Waals surface area (Å²) in [5.41, 5.74) is 1.08. The van der Waals surface area contributed by atoms with E-state index in [2.05, 4.69) is 10.6 Å². The van der Waals surface area contributed by atoms with Crippen LogP contribution in [-0.4, -0.2) is 24.1 Å². The first-order valence-corrected chi connectivity index (χ1v) is 7.07. The van der Waals surface area contributed by atoms with Gasteiger partial charge < -0.3 is 15.4 Å². The van der Waals surface area contributed by atoms with E-state index < -0.39 is 17.7 Å². The lowest BCUT2D eigenvalue weighted by Gasteiger charge is -2.24. The number of hydrogen-bond acceptors (Lipinski definition) is 3. The highest BCUT2D eigenvalue weighted by Gasteiger charge is 2.26. The van der Waals surface area contributed by atoms with Crippen molar-refractivity contribution in [2.45, 2.75) is 46.3 Å². The molecular formula is C16H24N2O3. The average molecular weight is 292 g/mol. The summed E-state index contributed by atoms with van der Waals surface area (Å²) in [6.07, 6.45) is -0.609. The predicted molar refractivity (Wildman–Crippen MR) is 82.0 cm³/mol. The van der Waals surface area contributed by atoms with Crippen molar-refractivity contribution in [1.29, 1.82) is 0 Å². The van der Waals surface area contributed by atoms with Crippen molar-refractivity contribution in [2.75, 3.05) is 6.54 Å². The quantitative estimate of drug-likeness (QED) is 0.896. The zero-order chi connectivity index (χ0) is 16.0. The Labute approximate surface area is 126 Å². The van der Waals surface area contributed by atoms with Crippen LogP contribution in [0.4, 0.5) is 4.79 Å². The van der Waals surface area contributed by atoms with Gasteiger partial charge in [-0.2, -0.15) is 0 Å². The highest BCUT2D eigenvalue weighted by Crippen LogP contribution is 2.18. The number of amides is 2. The molecule has 5 heteroatoms. The number of benzene rings is 1. The van der Waals surface area contributed by atoms with Crippen molar-refractivity contribution in [3.63, 3.8) is 0 Å². The first kappa shape index (κ1) is 17.0. The molecule has 0 unspecified atom stereocenters. The Morgan fingerprint density at radius 2 is 1.86 bits per heavy atom. The number of aryl methyl sites for hydroxylation is 1. The van der Waals surface area contributed by atoms with E-state index in [1.54, 1.807) is 20.8 Å². The van der Waals surface area contributed by atoms with Crippen molar-refractivity contribution in [2.24, 2.45) is 0 Å². The number of likely N-dealkylation sites (N-methyl/N-ethyl adjacent to an activating group) is 1. The molecule has 1 aromatic carbocycles. The van der Waals surface area contributed by atoms with E-state index in [0.717, 1.165) is 11.1 Å². The van der Waals surface area contributed by atoms with Crippen molar-refractivity contribution in [3.05, 3.63) is 35.4 Å². The van der Waals surface area contributed by atoms with Crippen LogP contribution in [-0.2, 0) is 9.53 Å². The molecule has 0 aliphatic heterocycles. The lowest BCUT2D eigenvalue weighted by Crippen LogP contribution is -2.42. The molecule has 0 bridgehead atoms. The number of rotatable bonds is 4. The molecule has 1 atom stereocenters. The minimum atomic E-state index is -0.763. The van der Waals surface area contributed by atoms with E-state index in [-0.39, 0.29) is 5.91 Å². The summed E-state index contributed by atoms with van der Waals surface area (Å²) >= 11 is 0. The highest BCUT2D eigenvalue weighted by atomic mass is 16.6. The van der Waals surface area contributed by atoms with Crippen LogP contribution < -0.4 is 10.6 Å². The maximum atomic E-state index is 12.2. The normalized spacial score (nSPS) is 12.4. The second-order valence-corrected chi connectivity index (χ2v) is 5.83. The molecule has 0 aliphatic carbocycles. The maximum absolute atomic E-state index is 12.2. The van der Waals surface area contributed by atoms with Gasteiger partial charge in [0.1, 0.15) is 11.6 Å². The third kappa shape index (κ3) is 5.45. The Morgan fingerprint density at radius 1 is 1.24 bits per heavy atom. The van der Waals surface area contributed by atoms with Gasteiger partial charge >= 0.3 is 6.09 Å². The van der Waals surface area contributed by atoms with E-state index in [1.807, 2.05) is 38.1 Å². The zero-order valence-electron chi connectivity index (χ0n) is 13.3. The summed E-state index contributed by atoms with van der Waals surface area (Å²) in [4.78, 5) is 24.2. The van der Waals surface area contributed by atoms with Gasteiger partial charge in [0.2, 0.25) is 5.91 Å². The number of hydrogen-bond donors (Lipinski definition) is 2. The second-order valence-electron chi connectivity index (χ2n) is 5.83. The summed E-state index contributed by atoms with van der Waals surface area (Å²) in [5, 5.41) is 5.37. The summed E-state index contributed by atoms with van der Waals surface area (Å²) in [6.45, 7) is 9.57. The van der Waals surface area contributed by atoms with Gasteiger partial charge in [0, 0.05) is 6.54 Å². The van der Waals surface area contributed by atoms with Crippen LogP contribution in [0.1, 0.15) is 44.9 Å². The number of alkyl carbamates (subject to hydrolysis) is 1. The minimum absolute atomic E-state index is 0.252. The summed E-state index contributed by atoms with van der Waals surface area (Å²) in [6, 6.07) is 6.69. The molecule has 1 rings (SSSR count). The Morgan fingerprint density at radius 3 is 2.38 bits per heavy atom. The molecule has 2 amide bonds. The smallest absolute Gasteiger partial charge is 0.408 e. The Balaban J connectivity index is 2.96. The molecule has 0 radical (unpaired) electrons. The Kier molecular flexibility index (Phi) is 5.76. The summed E-state index contributed by atoms with van der Waals surface area (Å²) in [5.74, 6) is -0.252. The first-order valence-electron chi connectivity index (χ1n) is 7.07. The molecule has 2 N–H and O–H groups in total. The van der Waals surface area contributed by atoms with Crippen molar-refractivity contribution < 1.29 is 14.3 Å². The van der Waals surface area contributed by atoms with Crippen molar-refractivity contribution in [1.82, 2.24) is 10.6 Å². The standard InChI is InChI=1S/C16H24N2O3/c1-6-17-14(19)13(12-10-8-7-9-11(12)2)18-15(20)21-16(3,4)5/h7-10,13H,6H2,1-5H3,(H,17,19)(H,18,20)/t13-/m0/s1. The SMILES string of the molecule is CCNC(=O)[C@@H](NC(=O)OC(C)(C)C)c1ccccc1C.